The fraction of sp³-hybridized carbons (Fsp3) is 0.263. The first kappa shape index (κ1) is 16.8. The zero-order valence-electron chi connectivity index (χ0n) is 14.5. The summed E-state index contributed by atoms with van der Waals surface area (Å²) in [5.41, 5.74) is 2.21. The molecular weight excluding hydrogens is 324 g/mol. The second kappa shape index (κ2) is 6.47. The Morgan fingerprint density at radius 2 is 1.48 bits per heavy atom. The van der Waals surface area contributed by atoms with Crippen LogP contribution in [0.3, 0.4) is 0 Å². The molecule has 0 saturated carbocycles. The van der Waals surface area contributed by atoms with Crippen molar-refractivity contribution in [3.63, 3.8) is 0 Å². The molecule has 0 aliphatic heterocycles. The minimum absolute atomic E-state index is 0.0183. The number of aromatic hydroxyl groups is 2. The summed E-state index contributed by atoms with van der Waals surface area (Å²) in [6.07, 6.45) is 0.525. The molecule has 132 valence electrons. The van der Waals surface area contributed by atoms with Crippen LogP contribution in [-0.4, -0.2) is 31.5 Å². The number of phenols is 2. The zero-order valence-corrected chi connectivity index (χ0v) is 14.5. The monoisotopic (exact) mass is 344 g/mol. The first-order valence-electron chi connectivity index (χ1n) is 7.72. The lowest BCUT2D eigenvalue weighted by Crippen LogP contribution is -1.95. The molecule has 1 heterocycles. The van der Waals surface area contributed by atoms with Gasteiger partial charge in [-0.1, -0.05) is 0 Å². The predicted molar refractivity (Wildman–Crippen MR) is 93.2 cm³/mol. The van der Waals surface area contributed by atoms with Gasteiger partial charge in [0.05, 0.1) is 21.3 Å². The lowest BCUT2D eigenvalue weighted by atomic mass is 10.0. The van der Waals surface area contributed by atoms with Gasteiger partial charge < -0.3 is 28.8 Å². The molecule has 0 unspecified atom stereocenters. The molecule has 0 aliphatic carbocycles. The number of rotatable bonds is 5. The summed E-state index contributed by atoms with van der Waals surface area (Å²) in [7, 11) is 4.47. The fourth-order valence-corrected chi connectivity index (χ4v) is 2.94. The molecule has 3 aromatic rings. The number of methoxy groups -OCH3 is 3. The van der Waals surface area contributed by atoms with Gasteiger partial charge in [0.2, 0.25) is 11.5 Å². The van der Waals surface area contributed by atoms with Crippen molar-refractivity contribution >= 4 is 11.0 Å². The van der Waals surface area contributed by atoms with Crippen LogP contribution < -0.4 is 14.2 Å². The Morgan fingerprint density at radius 3 is 2.04 bits per heavy atom. The molecule has 6 heteroatoms. The largest absolute Gasteiger partial charge is 0.502 e. The maximum atomic E-state index is 10.3. The van der Waals surface area contributed by atoms with Gasteiger partial charge in [0, 0.05) is 17.4 Å². The van der Waals surface area contributed by atoms with E-state index in [1.807, 2.05) is 13.0 Å². The van der Waals surface area contributed by atoms with E-state index < -0.39 is 0 Å². The second-order valence-electron chi connectivity index (χ2n) is 5.66. The highest BCUT2D eigenvalue weighted by Gasteiger charge is 2.19. The van der Waals surface area contributed by atoms with Crippen molar-refractivity contribution in [2.75, 3.05) is 21.3 Å². The van der Waals surface area contributed by atoms with Gasteiger partial charge in [0.1, 0.15) is 5.76 Å². The van der Waals surface area contributed by atoms with Crippen molar-refractivity contribution in [3.8, 4) is 28.7 Å². The molecule has 3 rings (SSSR count). The number of hydrogen-bond donors (Lipinski definition) is 2. The van der Waals surface area contributed by atoms with Gasteiger partial charge in [0.25, 0.3) is 0 Å². The summed E-state index contributed by atoms with van der Waals surface area (Å²) in [5, 5.41) is 21.1. The third-order valence-corrected chi connectivity index (χ3v) is 4.24. The topological polar surface area (TPSA) is 81.3 Å². The number of aryl methyl sites for hydroxylation is 1. The number of benzene rings is 2. The molecule has 0 bridgehead atoms. The average molecular weight is 344 g/mol. The van der Waals surface area contributed by atoms with Crippen LogP contribution in [0.1, 0.15) is 16.9 Å². The van der Waals surface area contributed by atoms with Gasteiger partial charge in [-0.3, -0.25) is 0 Å². The van der Waals surface area contributed by atoms with Gasteiger partial charge in [-0.15, -0.1) is 0 Å². The molecule has 0 saturated heterocycles. The minimum atomic E-state index is -0.0371. The molecule has 1 aromatic heterocycles. The standard InChI is InChI=1S/C19H20O6/c1-10-13(12-5-6-14(22-2)18(21)19(12)25-10)7-11-8-15(23-3)17(20)16(9-11)24-4/h5-6,8-9,20-21H,7H2,1-4H3. The van der Waals surface area contributed by atoms with Crippen LogP contribution in [0.2, 0.25) is 0 Å². The van der Waals surface area contributed by atoms with Crippen LogP contribution in [0, 0.1) is 6.92 Å². The van der Waals surface area contributed by atoms with Crippen molar-refractivity contribution in [2.45, 2.75) is 13.3 Å². The number of furan rings is 1. The Morgan fingerprint density at radius 1 is 0.880 bits per heavy atom. The summed E-state index contributed by atoms with van der Waals surface area (Å²) >= 11 is 0. The van der Waals surface area contributed by atoms with Crippen molar-refractivity contribution in [1.29, 1.82) is 0 Å². The van der Waals surface area contributed by atoms with Crippen LogP contribution in [0.5, 0.6) is 28.7 Å². The zero-order chi connectivity index (χ0) is 18.1. The number of hydrogen-bond acceptors (Lipinski definition) is 6. The molecule has 0 radical (unpaired) electrons. The van der Waals surface area contributed by atoms with Crippen LogP contribution in [-0.2, 0) is 6.42 Å². The first-order valence-corrected chi connectivity index (χ1v) is 7.72. The van der Waals surface area contributed by atoms with Gasteiger partial charge in [-0.05, 0) is 36.8 Å². The molecular formula is C19H20O6. The molecule has 25 heavy (non-hydrogen) atoms. The molecule has 0 atom stereocenters. The van der Waals surface area contributed by atoms with Crippen molar-refractivity contribution in [3.05, 3.63) is 41.2 Å². The lowest BCUT2D eigenvalue weighted by Gasteiger charge is -2.11. The van der Waals surface area contributed by atoms with Crippen molar-refractivity contribution in [2.24, 2.45) is 0 Å². The van der Waals surface area contributed by atoms with Crippen LogP contribution >= 0.6 is 0 Å². The van der Waals surface area contributed by atoms with E-state index in [4.69, 9.17) is 18.6 Å². The van der Waals surface area contributed by atoms with E-state index in [-0.39, 0.29) is 11.5 Å². The number of phenolic OH excluding ortho intramolecular Hbond substituents is 2. The quantitative estimate of drug-likeness (QED) is 0.733. The lowest BCUT2D eigenvalue weighted by molar-refractivity contribution is 0.339. The fourth-order valence-electron chi connectivity index (χ4n) is 2.94. The Labute approximate surface area is 145 Å². The van der Waals surface area contributed by atoms with E-state index >= 15 is 0 Å². The Bertz CT molecular complexity index is 900. The highest BCUT2D eigenvalue weighted by atomic mass is 16.5. The smallest absolute Gasteiger partial charge is 0.202 e. The highest BCUT2D eigenvalue weighted by Crippen LogP contribution is 2.41. The predicted octanol–water partition coefficient (Wildman–Crippen LogP) is 3.77. The third-order valence-electron chi connectivity index (χ3n) is 4.24. The number of ether oxygens (including phenoxy) is 3. The van der Waals surface area contributed by atoms with E-state index in [1.165, 1.54) is 21.3 Å². The van der Waals surface area contributed by atoms with Gasteiger partial charge >= 0.3 is 0 Å². The summed E-state index contributed by atoms with van der Waals surface area (Å²) in [4.78, 5) is 0. The van der Waals surface area contributed by atoms with E-state index in [0.717, 1.165) is 16.5 Å². The Balaban J connectivity index is 2.10. The van der Waals surface area contributed by atoms with Gasteiger partial charge in [0.15, 0.2) is 22.8 Å². The molecule has 0 amide bonds. The van der Waals surface area contributed by atoms with Crippen LogP contribution in [0.15, 0.2) is 28.7 Å². The summed E-state index contributed by atoms with van der Waals surface area (Å²) in [6.45, 7) is 1.84. The second-order valence-corrected chi connectivity index (χ2v) is 5.66. The summed E-state index contributed by atoms with van der Waals surface area (Å²) in [5.74, 6) is 1.68. The Kier molecular flexibility index (Phi) is 4.35. The molecule has 0 fully saturated rings. The molecule has 2 N–H and O–H groups in total. The third kappa shape index (κ3) is 2.80. The van der Waals surface area contributed by atoms with E-state index in [0.29, 0.717) is 35.0 Å². The summed E-state index contributed by atoms with van der Waals surface area (Å²) < 4.78 is 21.3. The van der Waals surface area contributed by atoms with Crippen molar-refractivity contribution in [1.82, 2.24) is 0 Å². The summed E-state index contributed by atoms with van der Waals surface area (Å²) in [6, 6.07) is 7.06. The van der Waals surface area contributed by atoms with Crippen LogP contribution in [0.25, 0.3) is 11.0 Å². The minimum Gasteiger partial charge on any atom is -0.502 e. The SMILES string of the molecule is COc1cc(Cc2c(C)oc3c(O)c(OC)ccc23)cc(OC)c1O. The van der Waals surface area contributed by atoms with E-state index in [9.17, 15) is 10.2 Å². The highest BCUT2D eigenvalue weighted by molar-refractivity contribution is 5.89. The Hall–Kier alpha value is -3.02. The van der Waals surface area contributed by atoms with E-state index in [2.05, 4.69) is 0 Å². The average Bonchev–Trinajstić information content (AvgIpc) is 2.93. The van der Waals surface area contributed by atoms with E-state index in [1.54, 1.807) is 18.2 Å². The molecule has 2 aromatic carbocycles. The molecule has 0 aliphatic rings. The van der Waals surface area contributed by atoms with Gasteiger partial charge in [-0.25, -0.2) is 0 Å². The molecule has 6 nitrogen and oxygen atoms in total. The maximum absolute atomic E-state index is 10.3. The van der Waals surface area contributed by atoms with Crippen LogP contribution in [0.4, 0.5) is 0 Å². The van der Waals surface area contributed by atoms with Gasteiger partial charge in [-0.2, -0.15) is 0 Å². The number of fused-ring (bicyclic) bond motifs is 1. The van der Waals surface area contributed by atoms with Crippen molar-refractivity contribution < 1.29 is 28.8 Å². The first-order chi connectivity index (χ1) is 12.0. The maximum Gasteiger partial charge on any atom is 0.202 e. The normalized spacial score (nSPS) is 10.9. The molecule has 0 spiro atoms.